The second-order valence-electron chi connectivity index (χ2n) is 5.65. The van der Waals surface area contributed by atoms with Crippen molar-refractivity contribution in [1.82, 2.24) is 0 Å². The van der Waals surface area contributed by atoms with Gasteiger partial charge in [-0.3, -0.25) is 14.1 Å². The van der Waals surface area contributed by atoms with Crippen molar-refractivity contribution in [3.8, 4) is 0 Å². The smallest absolute Gasteiger partial charge is 0.294 e. The molecule has 7 heteroatoms. The molecule has 2 aliphatic rings. The van der Waals surface area contributed by atoms with E-state index < -0.39 is 15.9 Å². The second-order valence-corrected chi connectivity index (χ2v) is 7.07. The fraction of sp³-hybridized carbons (Fsp3) is 0.0588. The summed E-state index contributed by atoms with van der Waals surface area (Å²) in [6.07, 6.45) is 0.238. The molecule has 1 aliphatic heterocycles. The van der Waals surface area contributed by atoms with Crippen LogP contribution in [0.25, 0.3) is 0 Å². The predicted octanol–water partition coefficient (Wildman–Crippen LogP) is 2.23. The van der Waals surface area contributed by atoms with E-state index >= 15 is 0 Å². The number of fused-ring (bicyclic) bond motifs is 2. The molecular weight excluding hydrogens is 330 g/mol. The number of hydrogen-bond acceptors (Lipinski definition) is 5. The highest BCUT2D eigenvalue weighted by molar-refractivity contribution is 7.85. The fourth-order valence-corrected chi connectivity index (χ4v) is 3.55. The first-order valence-corrected chi connectivity index (χ1v) is 8.59. The number of Topliss-reactive ketones (excluding diaryl/α,β-unsaturated/α-hetero) is 2. The van der Waals surface area contributed by atoms with E-state index in [4.69, 9.17) is 4.55 Å². The van der Waals surface area contributed by atoms with Crippen LogP contribution in [-0.2, 0) is 16.5 Å². The highest BCUT2D eigenvalue weighted by atomic mass is 32.2. The van der Waals surface area contributed by atoms with Gasteiger partial charge in [-0.1, -0.05) is 18.2 Å². The molecule has 1 aliphatic carbocycles. The quantitative estimate of drug-likeness (QED) is 0.609. The summed E-state index contributed by atoms with van der Waals surface area (Å²) in [5.41, 5.74) is 2.50. The van der Waals surface area contributed by atoms with Gasteiger partial charge in [-0.05, 0) is 29.8 Å². The molecule has 24 heavy (non-hydrogen) atoms. The summed E-state index contributed by atoms with van der Waals surface area (Å²) in [4.78, 5) is 24.8. The van der Waals surface area contributed by atoms with E-state index in [0.29, 0.717) is 22.4 Å². The molecule has 2 aromatic rings. The largest absolute Gasteiger partial charge is 0.351 e. The number of nitrogens with one attached hydrogen (secondary N) is 1. The Morgan fingerprint density at radius 3 is 2.42 bits per heavy atom. The average molecular weight is 341 g/mol. The molecule has 0 radical (unpaired) electrons. The number of carbonyl (C=O) groups excluding carboxylic acids is 2. The molecule has 120 valence electrons. The SMILES string of the molecule is O=C1/C(=C2\Nc3ccccc3C2=O)Cc2ccc(S(=O)(=O)O)cc21. The molecule has 0 aromatic heterocycles. The van der Waals surface area contributed by atoms with Crippen molar-refractivity contribution in [3.63, 3.8) is 0 Å². The van der Waals surface area contributed by atoms with E-state index in [1.165, 1.54) is 12.1 Å². The zero-order chi connectivity index (χ0) is 17.1. The summed E-state index contributed by atoms with van der Waals surface area (Å²) in [5.74, 6) is -0.657. The van der Waals surface area contributed by atoms with Gasteiger partial charge in [0.25, 0.3) is 10.1 Å². The third-order valence-electron chi connectivity index (χ3n) is 4.23. The van der Waals surface area contributed by atoms with Crippen molar-refractivity contribution < 1.29 is 22.6 Å². The van der Waals surface area contributed by atoms with Gasteiger partial charge in [-0.25, -0.2) is 0 Å². The zero-order valence-electron chi connectivity index (χ0n) is 12.2. The Kier molecular flexibility index (Phi) is 3.00. The molecular formula is C17H11NO5S. The third kappa shape index (κ3) is 2.10. The molecule has 0 unspecified atom stereocenters. The first-order valence-electron chi connectivity index (χ1n) is 7.15. The Bertz CT molecular complexity index is 1070. The van der Waals surface area contributed by atoms with E-state index in [2.05, 4.69) is 5.32 Å². The number of anilines is 1. The second kappa shape index (κ2) is 4.86. The van der Waals surface area contributed by atoms with Crippen LogP contribution >= 0.6 is 0 Å². The lowest BCUT2D eigenvalue weighted by Gasteiger charge is -2.02. The summed E-state index contributed by atoms with van der Waals surface area (Å²) in [7, 11) is -4.39. The number of rotatable bonds is 1. The molecule has 0 saturated carbocycles. The molecule has 0 amide bonds. The van der Waals surface area contributed by atoms with Gasteiger partial charge in [-0.2, -0.15) is 8.42 Å². The van der Waals surface area contributed by atoms with Gasteiger partial charge in [-0.15, -0.1) is 0 Å². The average Bonchev–Trinajstić information content (AvgIpc) is 3.05. The number of hydrogen-bond donors (Lipinski definition) is 2. The van der Waals surface area contributed by atoms with E-state index in [1.54, 1.807) is 24.3 Å². The summed E-state index contributed by atoms with van der Waals surface area (Å²) in [5, 5.41) is 2.98. The van der Waals surface area contributed by atoms with Crippen LogP contribution < -0.4 is 5.32 Å². The van der Waals surface area contributed by atoms with Gasteiger partial charge < -0.3 is 5.32 Å². The van der Waals surface area contributed by atoms with Crippen molar-refractivity contribution in [2.75, 3.05) is 5.32 Å². The van der Waals surface area contributed by atoms with Crippen LogP contribution in [0.3, 0.4) is 0 Å². The summed E-state index contributed by atoms with van der Waals surface area (Å²) in [6.45, 7) is 0. The third-order valence-corrected chi connectivity index (χ3v) is 5.07. The molecule has 0 fully saturated rings. The molecule has 6 nitrogen and oxygen atoms in total. The highest BCUT2D eigenvalue weighted by Gasteiger charge is 2.34. The molecule has 2 N–H and O–H groups in total. The van der Waals surface area contributed by atoms with Crippen LogP contribution in [-0.4, -0.2) is 24.5 Å². The molecule has 4 rings (SSSR count). The van der Waals surface area contributed by atoms with Crippen LogP contribution in [0.4, 0.5) is 5.69 Å². The predicted molar refractivity (Wildman–Crippen MR) is 85.7 cm³/mol. The van der Waals surface area contributed by atoms with Crippen molar-refractivity contribution in [3.05, 3.63) is 70.4 Å². The van der Waals surface area contributed by atoms with E-state index in [-0.39, 0.29) is 28.4 Å². The number of para-hydroxylation sites is 1. The number of ketones is 2. The minimum absolute atomic E-state index is 0.193. The Balaban J connectivity index is 1.81. The van der Waals surface area contributed by atoms with Gasteiger partial charge in [0.05, 0.1) is 10.6 Å². The van der Waals surface area contributed by atoms with Gasteiger partial charge >= 0.3 is 0 Å². The number of allylic oxidation sites excluding steroid dienone is 2. The van der Waals surface area contributed by atoms with Crippen molar-refractivity contribution in [2.45, 2.75) is 11.3 Å². The van der Waals surface area contributed by atoms with Gasteiger partial charge in [0.2, 0.25) is 5.78 Å². The number of benzene rings is 2. The Hall–Kier alpha value is -2.77. The lowest BCUT2D eigenvalue weighted by Crippen LogP contribution is -2.09. The van der Waals surface area contributed by atoms with Crippen LogP contribution in [0.2, 0.25) is 0 Å². The summed E-state index contributed by atoms with van der Waals surface area (Å²) >= 11 is 0. The summed E-state index contributed by atoms with van der Waals surface area (Å²) < 4.78 is 31.6. The van der Waals surface area contributed by atoms with Crippen molar-refractivity contribution in [1.29, 1.82) is 0 Å². The fourth-order valence-electron chi connectivity index (χ4n) is 3.05. The normalized spacial score (nSPS) is 19.2. The first kappa shape index (κ1) is 14.8. The van der Waals surface area contributed by atoms with Crippen LogP contribution in [0.1, 0.15) is 26.3 Å². The minimum atomic E-state index is -4.39. The van der Waals surface area contributed by atoms with Crippen molar-refractivity contribution >= 4 is 27.4 Å². The minimum Gasteiger partial charge on any atom is -0.351 e. The lowest BCUT2D eigenvalue weighted by atomic mass is 10.1. The lowest BCUT2D eigenvalue weighted by molar-refractivity contribution is 0.101. The maximum atomic E-state index is 12.6. The molecule has 1 heterocycles. The van der Waals surface area contributed by atoms with Gasteiger partial charge in [0, 0.05) is 28.8 Å². The monoisotopic (exact) mass is 341 g/mol. The van der Waals surface area contributed by atoms with E-state index in [1.807, 2.05) is 0 Å². The van der Waals surface area contributed by atoms with E-state index in [0.717, 1.165) is 6.07 Å². The topological polar surface area (TPSA) is 101 Å². The van der Waals surface area contributed by atoms with Gasteiger partial charge in [0.1, 0.15) is 0 Å². The van der Waals surface area contributed by atoms with Crippen LogP contribution in [0.15, 0.2) is 58.6 Å². The molecule has 2 aromatic carbocycles. The first-order chi connectivity index (χ1) is 11.4. The van der Waals surface area contributed by atoms with Crippen LogP contribution in [0, 0.1) is 0 Å². The van der Waals surface area contributed by atoms with Crippen molar-refractivity contribution in [2.24, 2.45) is 0 Å². The standard InChI is InChI=1S/C17H11NO5S/c19-16-12-8-10(24(21,22)23)6-5-9(12)7-13(16)15-17(20)11-3-1-2-4-14(11)18-15/h1-6,8,18H,7H2,(H,21,22,23)/b15-13-. The molecule has 0 bridgehead atoms. The van der Waals surface area contributed by atoms with Gasteiger partial charge in [0.15, 0.2) is 5.78 Å². The Morgan fingerprint density at radius 1 is 0.958 bits per heavy atom. The Morgan fingerprint density at radius 2 is 1.71 bits per heavy atom. The number of carbonyl (C=O) groups is 2. The Labute approximate surface area is 137 Å². The molecule has 0 atom stereocenters. The maximum absolute atomic E-state index is 12.6. The summed E-state index contributed by atoms with van der Waals surface area (Å²) in [6, 6.07) is 10.8. The van der Waals surface area contributed by atoms with E-state index in [9.17, 15) is 18.0 Å². The molecule has 0 spiro atoms. The molecule has 0 saturated heterocycles. The van der Waals surface area contributed by atoms with Crippen LogP contribution in [0.5, 0.6) is 0 Å². The maximum Gasteiger partial charge on any atom is 0.294 e. The zero-order valence-corrected chi connectivity index (χ0v) is 13.1. The highest BCUT2D eigenvalue weighted by Crippen LogP contribution is 2.35.